The number of carbonyl (C=O) groups excluding carboxylic acids is 3. The lowest BCUT2D eigenvalue weighted by atomic mass is 10.1. The van der Waals surface area contributed by atoms with Crippen LogP contribution in [0.3, 0.4) is 0 Å². The maximum Gasteiger partial charge on any atom is 0.258 e. The third-order valence-corrected chi connectivity index (χ3v) is 7.10. The molecule has 3 heterocycles. The second kappa shape index (κ2) is 12.1. The van der Waals surface area contributed by atoms with Gasteiger partial charge in [-0.05, 0) is 81.5 Å². The number of aliphatic imine (C=N–C) groups is 1. The van der Waals surface area contributed by atoms with Gasteiger partial charge < -0.3 is 25.3 Å². The Bertz CT molecular complexity index is 1480. The van der Waals surface area contributed by atoms with Gasteiger partial charge in [-0.15, -0.1) is 0 Å². The summed E-state index contributed by atoms with van der Waals surface area (Å²) in [6.45, 7) is 3.98. The minimum Gasteiger partial charge on any atom is -0.461 e. The number of fused-ring (bicyclic) bond motifs is 1. The Morgan fingerprint density at radius 3 is 2.65 bits per heavy atom. The molecule has 0 unspecified atom stereocenters. The highest BCUT2D eigenvalue weighted by Crippen LogP contribution is 2.23. The Hall–Kier alpha value is -4.60. The van der Waals surface area contributed by atoms with Crippen molar-refractivity contribution in [3.8, 4) is 0 Å². The van der Waals surface area contributed by atoms with Gasteiger partial charge in [-0.3, -0.25) is 19.7 Å². The van der Waals surface area contributed by atoms with Crippen molar-refractivity contribution >= 4 is 46.0 Å². The fraction of sp³-hybridized carbons (Fsp3) is 0.333. The summed E-state index contributed by atoms with van der Waals surface area (Å²) in [5.41, 5.74) is 8.63. The number of carbonyl (C=O) groups is 3. The predicted octanol–water partition coefficient (Wildman–Crippen LogP) is 4.04. The van der Waals surface area contributed by atoms with Crippen molar-refractivity contribution in [3.63, 3.8) is 0 Å². The SMILES string of the molecule is Cc1cc2cc(NC(=N/C=C3\CCCCN(CC(=O)N4CCCC4)C3=O)NC(=O)c3cccc(N)c3)ccc2o1. The number of likely N-dealkylation sites (tertiary alicyclic amines) is 2. The number of nitrogens with one attached hydrogen (secondary N) is 2. The third-order valence-electron chi connectivity index (χ3n) is 7.10. The molecule has 0 aliphatic carbocycles. The zero-order chi connectivity index (χ0) is 28.1. The van der Waals surface area contributed by atoms with E-state index in [2.05, 4.69) is 15.6 Å². The van der Waals surface area contributed by atoms with E-state index in [0.29, 0.717) is 35.5 Å². The average Bonchev–Trinajstić information content (AvgIpc) is 3.57. The standard InChI is InChI=1S/C30H34N6O4/c1-20-15-23-17-25(10-11-26(23)40-20)33-30(34-28(38)21-8-6-9-24(31)16-21)32-18-22-7-2-3-14-36(29(22)39)19-27(37)35-12-4-5-13-35/h6,8-11,15-18H,2-5,7,12-14,19,31H2,1H3,(H2,32,33,34,38)/b22-18+. The Morgan fingerprint density at radius 1 is 1.05 bits per heavy atom. The topological polar surface area (TPSA) is 133 Å². The van der Waals surface area contributed by atoms with Crippen LogP contribution in [-0.4, -0.2) is 59.7 Å². The van der Waals surface area contributed by atoms with Gasteiger partial charge in [0.25, 0.3) is 11.8 Å². The van der Waals surface area contributed by atoms with Crippen LogP contribution >= 0.6 is 0 Å². The summed E-state index contributed by atoms with van der Waals surface area (Å²) in [7, 11) is 0. The van der Waals surface area contributed by atoms with Crippen molar-refractivity contribution in [1.29, 1.82) is 0 Å². The summed E-state index contributed by atoms with van der Waals surface area (Å²) in [5, 5.41) is 6.87. The smallest absolute Gasteiger partial charge is 0.258 e. The van der Waals surface area contributed by atoms with Gasteiger partial charge >= 0.3 is 0 Å². The van der Waals surface area contributed by atoms with E-state index in [4.69, 9.17) is 10.2 Å². The van der Waals surface area contributed by atoms with Gasteiger partial charge in [0, 0.05) is 53.7 Å². The molecule has 0 bridgehead atoms. The van der Waals surface area contributed by atoms with Crippen LogP contribution in [0.5, 0.6) is 0 Å². The molecule has 4 N–H and O–H groups in total. The van der Waals surface area contributed by atoms with Gasteiger partial charge in [0.1, 0.15) is 17.9 Å². The van der Waals surface area contributed by atoms with Gasteiger partial charge in [-0.25, -0.2) is 4.99 Å². The quantitative estimate of drug-likeness (QED) is 0.193. The lowest BCUT2D eigenvalue weighted by Crippen LogP contribution is -2.42. The van der Waals surface area contributed by atoms with E-state index in [9.17, 15) is 14.4 Å². The second-order valence-corrected chi connectivity index (χ2v) is 10.2. The predicted molar refractivity (Wildman–Crippen MR) is 155 cm³/mol. The molecule has 208 valence electrons. The number of aryl methyl sites for hydroxylation is 1. The summed E-state index contributed by atoms with van der Waals surface area (Å²) in [6, 6.07) is 14.1. The Balaban J connectivity index is 1.39. The first-order valence-electron chi connectivity index (χ1n) is 13.6. The number of nitrogens with two attached hydrogens (primary N) is 1. The van der Waals surface area contributed by atoms with Crippen LogP contribution in [0.4, 0.5) is 11.4 Å². The number of guanidine groups is 1. The zero-order valence-corrected chi connectivity index (χ0v) is 22.6. The highest BCUT2D eigenvalue weighted by atomic mass is 16.3. The first kappa shape index (κ1) is 27.0. The summed E-state index contributed by atoms with van der Waals surface area (Å²) in [6.07, 6.45) is 5.64. The molecule has 1 aromatic heterocycles. The molecule has 0 radical (unpaired) electrons. The molecule has 2 saturated heterocycles. The maximum absolute atomic E-state index is 13.4. The number of nitrogens with zero attached hydrogens (tertiary/aromatic N) is 3. The summed E-state index contributed by atoms with van der Waals surface area (Å²) < 4.78 is 5.66. The molecule has 2 aliphatic rings. The number of nitrogen functional groups attached to an aromatic ring is 1. The fourth-order valence-corrected chi connectivity index (χ4v) is 5.02. The van der Waals surface area contributed by atoms with Gasteiger partial charge in [-0.2, -0.15) is 0 Å². The Morgan fingerprint density at radius 2 is 1.85 bits per heavy atom. The Labute approximate surface area is 232 Å². The summed E-state index contributed by atoms with van der Waals surface area (Å²) in [5.74, 6) is 0.321. The molecule has 3 amide bonds. The number of amides is 3. The van der Waals surface area contributed by atoms with E-state index >= 15 is 0 Å². The molecule has 5 rings (SSSR count). The lowest BCUT2D eigenvalue weighted by Gasteiger charge is -2.24. The highest BCUT2D eigenvalue weighted by Gasteiger charge is 2.26. The van der Waals surface area contributed by atoms with Crippen molar-refractivity contribution in [1.82, 2.24) is 15.1 Å². The van der Waals surface area contributed by atoms with Gasteiger partial charge in [-0.1, -0.05) is 6.07 Å². The number of benzene rings is 2. The molecular formula is C30H34N6O4. The van der Waals surface area contributed by atoms with Crippen molar-refractivity contribution in [2.45, 2.75) is 39.0 Å². The normalized spacial score (nSPS) is 17.4. The van der Waals surface area contributed by atoms with Gasteiger partial charge in [0.05, 0.1) is 0 Å². The van der Waals surface area contributed by atoms with E-state index < -0.39 is 5.91 Å². The van der Waals surface area contributed by atoms with E-state index in [1.54, 1.807) is 29.2 Å². The molecule has 10 heteroatoms. The van der Waals surface area contributed by atoms with E-state index in [-0.39, 0.29) is 24.3 Å². The van der Waals surface area contributed by atoms with Gasteiger partial charge in [0.2, 0.25) is 11.9 Å². The lowest BCUT2D eigenvalue weighted by molar-refractivity contribution is -0.137. The minimum absolute atomic E-state index is 0.0165. The summed E-state index contributed by atoms with van der Waals surface area (Å²) in [4.78, 5) is 47.1. The van der Waals surface area contributed by atoms with Crippen molar-refractivity contribution < 1.29 is 18.8 Å². The number of furan rings is 1. The molecule has 10 nitrogen and oxygen atoms in total. The minimum atomic E-state index is -0.401. The first-order valence-corrected chi connectivity index (χ1v) is 13.6. The first-order chi connectivity index (χ1) is 19.4. The van der Waals surface area contributed by atoms with E-state index in [0.717, 1.165) is 55.5 Å². The number of anilines is 2. The monoisotopic (exact) mass is 542 g/mol. The largest absolute Gasteiger partial charge is 0.461 e. The van der Waals surface area contributed by atoms with Crippen LogP contribution in [0.1, 0.15) is 48.2 Å². The molecule has 2 aromatic carbocycles. The van der Waals surface area contributed by atoms with E-state index in [1.807, 2.05) is 36.1 Å². The van der Waals surface area contributed by atoms with Crippen molar-refractivity contribution in [2.24, 2.45) is 4.99 Å². The summed E-state index contributed by atoms with van der Waals surface area (Å²) >= 11 is 0. The maximum atomic E-state index is 13.4. The Kier molecular flexibility index (Phi) is 8.14. The van der Waals surface area contributed by atoms with Gasteiger partial charge in [0.15, 0.2) is 0 Å². The molecule has 40 heavy (non-hydrogen) atoms. The van der Waals surface area contributed by atoms with E-state index in [1.165, 1.54) is 6.20 Å². The highest BCUT2D eigenvalue weighted by molar-refractivity contribution is 6.11. The molecule has 2 fully saturated rings. The molecule has 3 aromatic rings. The van der Waals surface area contributed by atoms with Crippen LogP contribution in [0, 0.1) is 6.92 Å². The molecular weight excluding hydrogens is 508 g/mol. The van der Waals surface area contributed by atoms with Crippen molar-refractivity contribution in [3.05, 3.63) is 71.6 Å². The fourth-order valence-electron chi connectivity index (χ4n) is 5.02. The molecule has 0 saturated carbocycles. The van der Waals surface area contributed by atoms with Crippen molar-refractivity contribution in [2.75, 3.05) is 37.2 Å². The number of rotatable bonds is 5. The van der Waals surface area contributed by atoms with Crippen LogP contribution in [0.25, 0.3) is 11.0 Å². The van der Waals surface area contributed by atoms with Crippen LogP contribution in [-0.2, 0) is 9.59 Å². The average molecular weight is 543 g/mol. The van der Waals surface area contributed by atoms with Crippen LogP contribution < -0.4 is 16.4 Å². The molecule has 0 spiro atoms. The number of hydrogen-bond acceptors (Lipinski definition) is 6. The third kappa shape index (κ3) is 6.51. The van der Waals surface area contributed by atoms with Crippen LogP contribution in [0.2, 0.25) is 0 Å². The van der Waals surface area contributed by atoms with Crippen LogP contribution in [0.15, 0.2) is 69.7 Å². The molecule has 2 aliphatic heterocycles. The molecule has 0 atom stereocenters. The zero-order valence-electron chi connectivity index (χ0n) is 22.6. The second-order valence-electron chi connectivity index (χ2n) is 10.2. The number of hydrogen-bond donors (Lipinski definition) is 3.